The molecule has 0 fully saturated rings. The van der Waals surface area contributed by atoms with E-state index in [4.69, 9.17) is 5.73 Å². The lowest BCUT2D eigenvalue weighted by molar-refractivity contribution is -0.384. The van der Waals surface area contributed by atoms with Gasteiger partial charge < -0.3 is 11.1 Å². The van der Waals surface area contributed by atoms with Gasteiger partial charge in [0, 0.05) is 29.1 Å². The lowest BCUT2D eigenvalue weighted by Crippen LogP contribution is -2.52. The van der Waals surface area contributed by atoms with Gasteiger partial charge in [-0.2, -0.15) is 0 Å². The van der Waals surface area contributed by atoms with E-state index in [1.807, 2.05) is 6.92 Å². The predicted octanol–water partition coefficient (Wildman–Crippen LogP) is 2.99. The Morgan fingerprint density at radius 3 is 2.39 bits per heavy atom. The van der Waals surface area contributed by atoms with Gasteiger partial charge in [0.15, 0.2) is 0 Å². The number of thioether (sulfide) groups is 1. The molecule has 0 aliphatic rings. The SMILES string of the molecule is CC(C)CC(C)(CN)NC(=O)CSc1ccc([N+](=O)[O-])cc1.Cl. The van der Waals surface area contributed by atoms with Gasteiger partial charge in [-0.05, 0) is 31.4 Å². The Balaban J connectivity index is 0.00000484. The average molecular weight is 362 g/mol. The van der Waals surface area contributed by atoms with E-state index in [2.05, 4.69) is 19.2 Å². The number of carbonyl (C=O) groups is 1. The maximum atomic E-state index is 12.1. The summed E-state index contributed by atoms with van der Waals surface area (Å²) < 4.78 is 0. The highest BCUT2D eigenvalue weighted by Crippen LogP contribution is 2.22. The number of nitrogens with two attached hydrogens (primary N) is 1. The molecule has 1 atom stereocenters. The zero-order valence-corrected chi connectivity index (χ0v) is 15.2. The summed E-state index contributed by atoms with van der Waals surface area (Å²) in [6.45, 7) is 6.51. The van der Waals surface area contributed by atoms with E-state index in [0.717, 1.165) is 11.3 Å². The van der Waals surface area contributed by atoms with Crippen molar-refractivity contribution in [2.24, 2.45) is 11.7 Å². The largest absolute Gasteiger partial charge is 0.349 e. The van der Waals surface area contributed by atoms with Gasteiger partial charge in [0.05, 0.1) is 10.7 Å². The Labute approximate surface area is 147 Å². The van der Waals surface area contributed by atoms with E-state index in [0.29, 0.717) is 12.5 Å². The Kier molecular flexibility index (Phi) is 9.19. The molecule has 0 saturated heterocycles. The first-order valence-electron chi connectivity index (χ1n) is 7.14. The van der Waals surface area contributed by atoms with Gasteiger partial charge in [0.1, 0.15) is 0 Å². The lowest BCUT2D eigenvalue weighted by atomic mass is 9.91. The van der Waals surface area contributed by atoms with E-state index >= 15 is 0 Å². The van der Waals surface area contributed by atoms with Crippen LogP contribution in [-0.4, -0.2) is 28.7 Å². The van der Waals surface area contributed by atoms with E-state index < -0.39 is 10.5 Å². The Bertz CT molecular complexity index is 525. The minimum absolute atomic E-state index is 0. The van der Waals surface area contributed by atoms with Crippen LogP contribution in [-0.2, 0) is 4.79 Å². The number of nitrogens with zero attached hydrogens (tertiary/aromatic N) is 1. The molecule has 23 heavy (non-hydrogen) atoms. The van der Waals surface area contributed by atoms with Crippen LogP contribution >= 0.6 is 24.2 Å². The molecule has 0 aromatic heterocycles. The van der Waals surface area contributed by atoms with E-state index in [-0.39, 0.29) is 29.8 Å². The molecule has 130 valence electrons. The van der Waals surface area contributed by atoms with Crippen molar-refractivity contribution < 1.29 is 9.72 Å². The van der Waals surface area contributed by atoms with Crippen LogP contribution in [0.25, 0.3) is 0 Å². The van der Waals surface area contributed by atoms with Crippen molar-refractivity contribution >= 4 is 35.8 Å². The van der Waals surface area contributed by atoms with Crippen LogP contribution in [0.1, 0.15) is 27.2 Å². The summed E-state index contributed by atoms with van der Waals surface area (Å²) in [5.74, 6) is 0.610. The number of nitro benzene ring substituents is 1. The number of hydrogen-bond donors (Lipinski definition) is 2. The molecule has 0 aliphatic carbocycles. The second-order valence-corrected chi connectivity index (χ2v) is 7.00. The number of nitro groups is 1. The van der Waals surface area contributed by atoms with E-state index in [9.17, 15) is 14.9 Å². The number of nitrogens with one attached hydrogen (secondary N) is 1. The molecule has 0 saturated carbocycles. The maximum Gasteiger partial charge on any atom is 0.269 e. The monoisotopic (exact) mass is 361 g/mol. The summed E-state index contributed by atoms with van der Waals surface area (Å²) >= 11 is 1.34. The van der Waals surface area contributed by atoms with Crippen LogP contribution in [0.15, 0.2) is 29.2 Å². The number of amides is 1. The van der Waals surface area contributed by atoms with Crippen molar-refractivity contribution in [3.8, 4) is 0 Å². The fourth-order valence-electron chi connectivity index (χ4n) is 2.27. The molecule has 1 rings (SSSR count). The van der Waals surface area contributed by atoms with Crippen LogP contribution in [0.3, 0.4) is 0 Å². The van der Waals surface area contributed by atoms with Crippen molar-refractivity contribution in [1.82, 2.24) is 5.32 Å². The highest BCUT2D eigenvalue weighted by Gasteiger charge is 2.25. The number of rotatable bonds is 8. The Hall–Kier alpha value is -1.31. The molecule has 1 unspecified atom stereocenters. The van der Waals surface area contributed by atoms with Gasteiger partial charge >= 0.3 is 0 Å². The first-order chi connectivity index (χ1) is 10.3. The van der Waals surface area contributed by atoms with Gasteiger partial charge in [-0.15, -0.1) is 24.2 Å². The maximum absolute atomic E-state index is 12.1. The van der Waals surface area contributed by atoms with Crippen LogP contribution < -0.4 is 11.1 Å². The fraction of sp³-hybridized carbons (Fsp3) is 0.533. The lowest BCUT2D eigenvalue weighted by Gasteiger charge is -2.31. The third kappa shape index (κ3) is 7.67. The third-order valence-electron chi connectivity index (χ3n) is 3.17. The molecule has 0 bridgehead atoms. The van der Waals surface area contributed by atoms with E-state index in [1.54, 1.807) is 12.1 Å². The minimum atomic E-state index is -0.445. The van der Waals surface area contributed by atoms with Gasteiger partial charge in [0.2, 0.25) is 5.91 Å². The van der Waals surface area contributed by atoms with Gasteiger partial charge in [0.25, 0.3) is 5.69 Å². The first-order valence-corrected chi connectivity index (χ1v) is 8.12. The third-order valence-corrected chi connectivity index (χ3v) is 4.18. The Morgan fingerprint density at radius 1 is 1.39 bits per heavy atom. The standard InChI is InChI=1S/C15H23N3O3S.ClH/c1-11(2)8-15(3,10-16)17-14(19)9-22-13-6-4-12(5-7-13)18(20)21;/h4-7,11H,8-10,16H2,1-3H3,(H,17,19);1H. The van der Waals surface area contributed by atoms with Crippen LogP contribution in [0, 0.1) is 16.0 Å². The summed E-state index contributed by atoms with van der Waals surface area (Å²) in [5, 5.41) is 13.6. The zero-order valence-electron chi connectivity index (χ0n) is 13.6. The summed E-state index contributed by atoms with van der Waals surface area (Å²) in [7, 11) is 0. The van der Waals surface area contributed by atoms with Crippen molar-refractivity contribution in [2.45, 2.75) is 37.6 Å². The summed E-state index contributed by atoms with van der Waals surface area (Å²) in [6, 6.07) is 6.16. The molecule has 1 aromatic rings. The summed E-state index contributed by atoms with van der Waals surface area (Å²) in [4.78, 5) is 23.0. The van der Waals surface area contributed by atoms with Crippen molar-refractivity contribution in [2.75, 3.05) is 12.3 Å². The molecule has 1 amide bonds. The Morgan fingerprint density at radius 2 is 1.96 bits per heavy atom. The molecule has 1 aromatic carbocycles. The van der Waals surface area contributed by atoms with Crippen molar-refractivity contribution in [1.29, 1.82) is 0 Å². The van der Waals surface area contributed by atoms with Crippen LogP contribution in [0.5, 0.6) is 0 Å². The van der Waals surface area contributed by atoms with Gasteiger partial charge in [-0.1, -0.05) is 13.8 Å². The second-order valence-electron chi connectivity index (χ2n) is 5.95. The zero-order chi connectivity index (χ0) is 16.8. The first kappa shape index (κ1) is 21.7. The van der Waals surface area contributed by atoms with Crippen molar-refractivity contribution in [3.05, 3.63) is 34.4 Å². The van der Waals surface area contributed by atoms with Gasteiger partial charge in [-0.25, -0.2) is 0 Å². The number of carbonyl (C=O) groups excluding carboxylic acids is 1. The summed E-state index contributed by atoms with van der Waals surface area (Å²) in [5.41, 5.74) is 5.41. The smallest absolute Gasteiger partial charge is 0.269 e. The van der Waals surface area contributed by atoms with Crippen molar-refractivity contribution in [3.63, 3.8) is 0 Å². The van der Waals surface area contributed by atoms with Gasteiger partial charge in [-0.3, -0.25) is 14.9 Å². The molecule has 0 spiro atoms. The quantitative estimate of drug-likeness (QED) is 0.421. The molecule has 3 N–H and O–H groups in total. The van der Waals surface area contributed by atoms with Crippen LogP contribution in [0.2, 0.25) is 0 Å². The topological polar surface area (TPSA) is 98.3 Å². The minimum Gasteiger partial charge on any atom is -0.349 e. The van der Waals surface area contributed by atoms with E-state index in [1.165, 1.54) is 23.9 Å². The average Bonchev–Trinajstić information content (AvgIpc) is 2.44. The molecular formula is C15H24ClN3O3S. The molecule has 0 radical (unpaired) electrons. The molecular weight excluding hydrogens is 338 g/mol. The number of non-ortho nitro benzene ring substituents is 1. The number of halogens is 1. The molecule has 0 aliphatic heterocycles. The molecule has 8 heteroatoms. The van der Waals surface area contributed by atoms with Crippen LogP contribution in [0.4, 0.5) is 5.69 Å². The normalized spacial score (nSPS) is 13.1. The second kappa shape index (κ2) is 9.75. The highest BCUT2D eigenvalue weighted by molar-refractivity contribution is 8.00. The molecule has 6 nitrogen and oxygen atoms in total. The predicted molar refractivity (Wildman–Crippen MR) is 96.1 cm³/mol. The highest BCUT2D eigenvalue weighted by atomic mass is 35.5. The molecule has 0 heterocycles. The summed E-state index contributed by atoms with van der Waals surface area (Å²) in [6.07, 6.45) is 0.817. The number of benzene rings is 1. The fourth-order valence-corrected chi connectivity index (χ4v) is 2.97. The number of hydrogen-bond acceptors (Lipinski definition) is 5.